The normalized spacial score (nSPS) is 13.6. The molecular weight excluding hydrogens is 352 g/mol. The zero-order valence-corrected chi connectivity index (χ0v) is 16.2. The second kappa shape index (κ2) is 7.51. The summed E-state index contributed by atoms with van der Waals surface area (Å²) >= 11 is 1.70. The van der Waals surface area contributed by atoms with Gasteiger partial charge in [0.2, 0.25) is 0 Å². The van der Waals surface area contributed by atoms with Crippen LogP contribution in [0.5, 0.6) is 0 Å². The first-order valence-electron chi connectivity index (χ1n) is 9.10. The first-order valence-corrected chi connectivity index (χ1v) is 9.98. The molecule has 0 aliphatic carbocycles. The fourth-order valence-corrected chi connectivity index (χ4v) is 4.20. The molecule has 3 nitrogen and oxygen atoms in total. The molecule has 2 heterocycles. The number of thiophene rings is 1. The molecule has 0 aliphatic rings. The smallest absolute Gasteiger partial charge is 0.181 e. The van der Waals surface area contributed by atoms with E-state index < -0.39 is 0 Å². The molecule has 2 aromatic carbocycles. The second-order valence-corrected chi connectivity index (χ2v) is 7.84. The molecule has 4 heteroatoms. The summed E-state index contributed by atoms with van der Waals surface area (Å²) in [7, 11) is 0. The van der Waals surface area contributed by atoms with Crippen molar-refractivity contribution in [3.8, 4) is 0 Å². The predicted octanol–water partition coefficient (Wildman–Crippen LogP) is 5.49. The molecule has 0 unspecified atom stereocenters. The Morgan fingerprint density at radius 3 is 2.56 bits per heavy atom. The van der Waals surface area contributed by atoms with E-state index in [1.165, 1.54) is 16.0 Å². The lowest BCUT2D eigenvalue weighted by atomic mass is 10.00. The molecule has 0 radical (unpaired) electrons. The Kier molecular flexibility index (Phi) is 4.92. The van der Waals surface area contributed by atoms with Crippen molar-refractivity contribution in [2.45, 2.75) is 25.9 Å². The predicted molar refractivity (Wildman–Crippen MR) is 113 cm³/mol. The van der Waals surface area contributed by atoms with Crippen molar-refractivity contribution in [2.75, 3.05) is 0 Å². The van der Waals surface area contributed by atoms with Crippen LogP contribution in [0.25, 0.3) is 10.9 Å². The molecule has 0 fully saturated rings. The van der Waals surface area contributed by atoms with Crippen LogP contribution in [0.3, 0.4) is 0 Å². The molecule has 2 N–H and O–H groups in total. The first-order chi connectivity index (χ1) is 13.1. The van der Waals surface area contributed by atoms with E-state index >= 15 is 0 Å². The first kappa shape index (κ1) is 17.7. The number of fused-ring (bicyclic) bond motifs is 1. The van der Waals surface area contributed by atoms with Gasteiger partial charge in [0.05, 0.1) is 12.1 Å². The Morgan fingerprint density at radius 1 is 1.04 bits per heavy atom. The molecule has 27 heavy (non-hydrogen) atoms. The zero-order valence-electron chi connectivity index (χ0n) is 15.4. The summed E-state index contributed by atoms with van der Waals surface area (Å²) in [4.78, 5) is 17.5. The molecule has 4 aromatic rings. The van der Waals surface area contributed by atoms with Gasteiger partial charge in [0.1, 0.15) is 0 Å². The minimum absolute atomic E-state index is 0.00486. The number of hydrogen-bond acceptors (Lipinski definition) is 3. The molecule has 0 amide bonds. The standard InChI is InChI=1S/C23H22N2OS/c1-15-9-11-17(12-10-15)22(21-8-5-13-27-21)25-16(2)23(26)19-14-24-20-7-4-3-6-18(19)20/h3-14,16,22,24-25H,1-2H3/t16-,22-/m1/s1. The summed E-state index contributed by atoms with van der Waals surface area (Å²) in [5, 5.41) is 6.60. The van der Waals surface area contributed by atoms with Gasteiger partial charge in [0.25, 0.3) is 0 Å². The number of carbonyl (C=O) groups is 1. The summed E-state index contributed by atoms with van der Waals surface area (Å²) in [6, 6.07) is 20.3. The monoisotopic (exact) mass is 374 g/mol. The number of nitrogens with one attached hydrogen (secondary N) is 2. The van der Waals surface area contributed by atoms with E-state index in [1.807, 2.05) is 37.4 Å². The van der Waals surface area contributed by atoms with Crippen molar-refractivity contribution < 1.29 is 4.79 Å². The quantitative estimate of drug-likeness (QED) is 0.438. The Morgan fingerprint density at radius 2 is 1.81 bits per heavy atom. The van der Waals surface area contributed by atoms with Crippen molar-refractivity contribution in [2.24, 2.45) is 0 Å². The molecule has 2 aromatic heterocycles. The number of aromatic nitrogens is 1. The van der Waals surface area contributed by atoms with E-state index in [1.54, 1.807) is 11.3 Å². The summed E-state index contributed by atoms with van der Waals surface area (Å²) in [5.41, 5.74) is 4.12. The molecule has 0 spiro atoms. The van der Waals surface area contributed by atoms with E-state index in [0.717, 1.165) is 16.5 Å². The van der Waals surface area contributed by atoms with Gasteiger partial charge >= 0.3 is 0 Å². The highest BCUT2D eigenvalue weighted by atomic mass is 32.1. The third-order valence-electron chi connectivity index (χ3n) is 4.90. The summed E-state index contributed by atoms with van der Waals surface area (Å²) < 4.78 is 0. The second-order valence-electron chi connectivity index (χ2n) is 6.86. The minimum atomic E-state index is -0.308. The molecule has 2 atom stereocenters. The number of aromatic amines is 1. The number of carbonyl (C=O) groups excluding carboxylic acids is 1. The summed E-state index contributed by atoms with van der Waals surface area (Å²) in [5.74, 6) is 0.0983. The van der Waals surface area contributed by atoms with Gasteiger partial charge in [-0.25, -0.2) is 0 Å². The van der Waals surface area contributed by atoms with Crippen LogP contribution < -0.4 is 5.32 Å². The number of para-hydroxylation sites is 1. The van der Waals surface area contributed by atoms with E-state index in [-0.39, 0.29) is 17.9 Å². The Bertz CT molecular complexity index is 1050. The van der Waals surface area contributed by atoms with Crippen molar-refractivity contribution in [3.63, 3.8) is 0 Å². The number of aryl methyl sites for hydroxylation is 1. The van der Waals surface area contributed by atoms with Crippen LogP contribution in [0.15, 0.2) is 72.2 Å². The number of benzene rings is 2. The SMILES string of the molecule is Cc1ccc([C@@H](N[C@H](C)C(=O)c2c[nH]c3ccccc23)c2cccs2)cc1. The maximum atomic E-state index is 13.1. The van der Waals surface area contributed by atoms with Crippen LogP contribution in [0.1, 0.15) is 39.3 Å². The minimum Gasteiger partial charge on any atom is -0.360 e. The van der Waals surface area contributed by atoms with Gasteiger partial charge in [-0.1, -0.05) is 54.1 Å². The van der Waals surface area contributed by atoms with Gasteiger partial charge in [-0.2, -0.15) is 0 Å². The molecule has 0 saturated heterocycles. The lowest BCUT2D eigenvalue weighted by Crippen LogP contribution is -2.37. The van der Waals surface area contributed by atoms with Gasteiger partial charge in [-0.15, -0.1) is 11.3 Å². The lowest BCUT2D eigenvalue weighted by molar-refractivity contribution is 0.0949. The Labute approximate surface area is 163 Å². The van der Waals surface area contributed by atoms with Gasteiger partial charge < -0.3 is 4.98 Å². The molecule has 0 aliphatic heterocycles. The van der Waals surface area contributed by atoms with Crippen LogP contribution in [-0.4, -0.2) is 16.8 Å². The molecule has 4 rings (SSSR count). The van der Waals surface area contributed by atoms with Crippen LogP contribution in [0.2, 0.25) is 0 Å². The fourth-order valence-electron chi connectivity index (χ4n) is 3.39. The number of rotatable bonds is 6. The van der Waals surface area contributed by atoms with Gasteiger partial charge in [0, 0.05) is 27.5 Å². The molecule has 0 bridgehead atoms. The highest BCUT2D eigenvalue weighted by molar-refractivity contribution is 7.10. The van der Waals surface area contributed by atoms with E-state index in [9.17, 15) is 4.79 Å². The van der Waals surface area contributed by atoms with Crippen LogP contribution in [-0.2, 0) is 0 Å². The average Bonchev–Trinajstić information content (AvgIpc) is 3.36. The van der Waals surface area contributed by atoms with Gasteiger partial charge in [0.15, 0.2) is 5.78 Å². The number of ketones is 1. The maximum absolute atomic E-state index is 13.1. The Hall–Kier alpha value is -2.69. The third kappa shape index (κ3) is 3.59. The average molecular weight is 375 g/mol. The molecule has 0 saturated carbocycles. The summed E-state index contributed by atoms with van der Waals surface area (Å²) in [6.45, 7) is 4.03. The van der Waals surface area contributed by atoms with Crippen LogP contribution >= 0.6 is 11.3 Å². The fraction of sp³-hybridized carbons (Fsp3) is 0.174. The van der Waals surface area contributed by atoms with E-state index in [4.69, 9.17) is 0 Å². The van der Waals surface area contributed by atoms with E-state index in [0.29, 0.717) is 0 Å². The topological polar surface area (TPSA) is 44.9 Å². The molecular formula is C23H22N2OS. The van der Waals surface area contributed by atoms with Crippen LogP contribution in [0.4, 0.5) is 0 Å². The van der Waals surface area contributed by atoms with Crippen molar-refractivity contribution in [1.29, 1.82) is 0 Å². The van der Waals surface area contributed by atoms with Crippen molar-refractivity contribution in [1.82, 2.24) is 10.3 Å². The van der Waals surface area contributed by atoms with Crippen molar-refractivity contribution >= 4 is 28.0 Å². The largest absolute Gasteiger partial charge is 0.360 e. The van der Waals surface area contributed by atoms with Gasteiger partial charge in [-0.05, 0) is 36.9 Å². The van der Waals surface area contributed by atoms with Crippen molar-refractivity contribution in [3.05, 3.63) is 93.8 Å². The molecule has 136 valence electrons. The number of Topliss-reactive ketones (excluding diaryl/α,β-unsaturated/α-hetero) is 1. The highest BCUT2D eigenvalue weighted by Crippen LogP contribution is 2.28. The number of H-pyrrole nitrogens is 1. The van der Waals surface area contributed by atoms with Gasteiger partial charge in [-0.3, -0.25) is 10.1 Å². The van der Waals surface area contributed by atoms with Crippen LogP contribution in [0, 0.1) is 6.92 Å². The highest BCUT2D eigenvalue weighted by Gasteiger charge is 2.24. The lowest BCUT2D eigenvalue weighted by Gasteiger charge is -2.22. The Balaban J connectivity index is 1.62. The summed E-state index contributed by atoms with van der Waals surface area (Å²) in [6.07, 6.45) is 1.82. The maximum Gasteiger partial charge on any atom is 0.181 e. The third-order valence-corrected chi connectivity index (χ3v) is 5.84. The van der Waals surface area contributed by atoms with E-state index in [2.05, 4.69) is 59.0 Å². The number of hydrogen-bond donors (Lipinski definition) is 2. The zero-order chi connectivity index (χ0) is 18.8.